The van der Waals surface area contributed by atoms with Gasteiger partial charge in [0.1, 0.15) is 11.6 Å². The first kappa shape index (κ1) is 20.0. The van der Waals surface area contributed by atoms with E-state index in [1.54, 1.807) is 12.1 Å². The van der Waals surface area contributed by atoms with Gasteiger partial charge in [-0.2, -0.15) is 0 Å². The molecule has 1 aromatic heterocycles. The molecule has 0 unspecified atom stereocenters. The van der Waals surface area contributed by atoms with Crippen LogP contribution in [0.25, 0.3) is 11.1 Å². The average Bonchev–Trinajstić information content (AvgIpc) is 2.72. The number of halogens is 1. The summed E-state index contributed by atoms with van der Waals surface area (Å²) in [5.74, 6) is 0.712. The molecule has 0 bridgehead atoms. The van der Waals surface area contributed by atoms with Gasteiger partial charge in [0, 0.05) is 68.5 Å². The van der Waals surface area contributed by atoms with E-state index in [-0.39, 0.29) is 5.82 Å². The summed E-state index contributed by atoms with van der Waals surface area (Å²) in [6.07, 6.45) is 1.81. The Morgan fingerprint density at radius 1 is 1.11 bits per heavy atom. The van der Waals surface area contributed by atoms with Crippen molar-refractivity contribution in [2.75, 3.05) is 44.7 Å². The van der Waals surface area contributed by atoms with Crippen LogP contribution in [0.5, 0.6) is 0 Å². The number of nitrogens with one attached hydrogen (secondary N) is 2. The number of piperazine rings is 1. The number of aromatic nitrogens is 1. The molecule has 1 aliphatic rings. The van der Waals surface area contributed by atoms with Crippen LogP contribution in [0.2, 0.25) is 0 Å². The number of rotatable bonds is 6. The van der Waals surface area contributed by atoms with E-state index >= 15 is 0 Å². The highest BCUT2D eigenvalue weighted by Gasteiger charge is 2.22. The summed E-state index contributed by atoms with van der Waals surface area (Å²) in [5, 5.41) is 11.2. The Morgan fingerprint density at radius 2 is 1.79 bits per heavy atom. The monoisotopic (exact) mass is 381 g/mol. The molecular weight excluding hydrogens is 353 g/mol. The highest BCUT2D eigenvalue weighted by atomic mass is 19.1. The molecule has 1 fully saturated rings. The van der Waals surface area contributed by atoms with Crippen LogP contribution >= 0.6 is 0 Å². The molecule has 148 valence electrons. The summed E-state index contributed by atoms with van der Waals surface area (Å²) in [6.45, 7) is 8.20. The Labute approximate surface area is 166 Å². The second kappa shape index (κ2) is 8.97. The molecule has 0 radical (unpaired) electrons. The highest BCUT2D eigenvalue weighted by molar-refractivity contribution is 5.96. The van der Waals surface area contributed by atoms with E-state index in [1.165, 1.54) is 12.1 Å². The largest absolute Gasteiger partial charge is 0.391 e. The molecule has 2 heterocycles. The van der Waals surface area contributed by atoms with Crippen molar-refractivity contribution >= 4 is 11.5 Å². The zero-order valence-electron chi connectivity index (χ0n) is 16.8. The van der Waals surface area contributed by atoms with Crippen molar-refractivity contribution in [2.24, 2.45) is 0 Å². The van der Waals surface area contributed by atoms with Crippen LogP contribution in [-0.4, -0.2) is 55.4 Å². The predicted octanol–water partition coefficient (Wildman–Crippen LogP) is 3.54. The third-order valence-corrected chi connectivity index (χ3v) is 5.28. The van der Waals surface area contributed by atoms with E-state index < -0.39 is 0 Å². The van der Waals surface area contributed by atoms with Crippen molar-refractivity contribution in [3.63, 3.8) is 0 Å². The molecule has 0 saturated carbocycles. The highest BCUT2D eigenvalue weighted by Crippen LogP contribution is 2.29. The molecule has 5 nitrogen and oxygen atoms in total. The van der Waals surface area contributed by atoms with Crippen LogP contribution in [0, 0.1) is 11.2 Å². The van der Waals surface area contributed by atoms with Crippen molar-refractivity contribution in [3.8, 4) is 11.1 Å². The van der Waals surface area contributed by atoms with Gasteiger partial charge in [0.15, 0.2) is 0 Å². The van der Waals surface area contributed by atoms with Gasteiger partial charge < -0.3 is 15.6 Å². The molecule has 3 rings (SSSR count). The fourth-order valence-corrected chi connectivity index (χ4v) is 3.51. The first-order valence-electron chi connectivity index (χ1n) is 9.61. The zero-order valence-corrected chi connectivity index (χ0v) is 16.8. The lowest BCUT2D eigenvalue weighted by Crippen LogP contribution is -2.47. The second-order valence-electron chi connectivity index (χ2n) is 7.12. The van der Waals surface area contributed by atoms with E-state index in [0.717, 1.165) is 60.9 Å². The molecule has 1 aromatic carbocycles. The quantitative estimate of drug-likeness (QED) is 0.752. The Kier molecular flexibility index (Phi) is 6.41. The second-order valence-corrected chi connectivity index (χ2v) is 7.12. The number of pyridine rings is 1. The molecule has 28 heavy (non-hydrogen) atoms. The number of hydrogen-bond donors (Lipinski definition) is 2. The van der Waals surface area contributed by atoms with E-state index in [0.29, 0.717) is 5.71 Å². The molecule has 2 N–H and O–H groups in total. The van der Waals surface area contributed by atoms with Gasteiger partial charge in [-0.25, -0.2) is 9.37 Å². The SMILES string of the molecule is CN/C(C)=C(/CN1CCN(c2ncccc2-c2ccc(F)cc2)CC1)C(C)=N. The fourth-order valence-electron chi connectivity index (χ4n) is 3.51. The molecule has 0 amide bonds. The van der Waals surface area contributed by atoms with Gasteiger partial charge in [-0.05, 0) is 43.7 Å². The van der Waals surface area contributed by atoms with Gasteiger partial charge in [0.05, 0.1) is 0 Å². The summed E-state index contributed by atoms with van der Waals surface area (Å²) >= 11 is 0. The van der Waals surface area contributed by atoms with Gasteiger partial charge in [-0.3, -0.25) is 4.90 Å². The van der Waals surface area contributed by atoms with Crippen molar-refractivity contribution in [1.82, 2.24) is 15.2 Å². The number of allylic oxidation sites excluding steroid dienone is 1. The van der Waals surface area contributed by atoms with Crippen molar-refractivity contribution in [3.05, 3.63) is 59.7 Å². The van der Waals surface area contributed by atoms with Crippen LogP contribution < -0.4 is 10.2 Å². The Hall–Kier alpha value is -2.73. The van der Waals surface area contributed by atoms with E-state index in [2.05, 4.69) is 20.1 Å². The van der Waals surface area contributed by atoms with Crippen LogP contribution in [0.4, 0.5) is 10.2 Å². The minimum Gasteiger partial charge on any atom is -0.391 e. The van der Waals surface area contributed by atoms with E-state index in [4.69, 9.17) is 5.41 Å². The lowest BCUT2D eigenvalue weighted by molar-refractivity contribution is 0.279. The standard InChI is InChI=1S/C22H28FN5/c1-16(24)21(17(2)25-3)15-27-11-13-28(14-12-27)22-20(5-4-10-26-22)18-6-8-19(23)9-7-18/h4-10,24-25H,11-15H2,1-3H3/b21-17-,24-16?. The third kappa shape index (κ3) is 4.57. The van der Waals surface area contributed by atoms with E-state index in [9.17, 15) is 4.39 Å². The van der Waals surface area contributed by atoms with Crippen LogP contribution in [-0.2, 0) is 0 Å². The van der Waals surface area contributed by atoms with Gasteiger partial charge >= 0.3 is 0 Å². The topological polar surface area (TPSA) is 55.2 Å². The molecule has 0 spiro atoms. The summed E-state index contributed by atoms with van der Waals surface area (Å²) in [7, 11) is 1.90. The molecule has 2 aromatic rings. The molecular formula is C22H28FN5. The minimum absolute atomic E-state index is 0.231. The van der Waals surface area contributed by atoms with Crippen LogP contribution in [0.3, 0.4) is 0 Å². The maximum atomic E-state index is 13.3. The Morgan fingerprint density at radius 3 is 2.39 bits per heavy atom. The summed E-state index contributed by atoms with van der Waals surface area (Å²) in [6, 6.07) is 10.5. The first-order chi connectivity index (χ1) is 13.5. The third-order valence-electron chi connectivity index (χ3n) is 5.28. The van der Waals surface area contributed by atoms with Gasteiger partial charge in [-0.15, -0.1) is 0 Å². The van der Waals surface area contributed by atoms with Crippen LogP contribution in [0.1, 0.15) is 13.8 Å². The number of nitrogens with zero attached hydrogens (tertiary/aromatic N) is 3. The van der Waals surface area contributed by atoms with Crippen molar-refractivity contribution in [2.45, 2.75) is 13.8 Å². The summed E-state index contributed by atoms with van der Waals surface area (Å²) in [5.41, 5.74) is 4.72. The Balaban J connectivity index is 1.72. The normalized spacial score (nSPS) is 15.9. The van der Waals surface area contributed by atoms with Gasteiger partial charge in [0.25, 0.3) is 0 Å². The maximum absolute atomic E-state index is 13.3. The maximum Gasteiger partial charge on any atom is 0.136 e. The van der Waals surface area contributed by atoms with Crippen molar-refractivity contribution < 1.29 is 4.39 Å². The van der Waals surface area contributed by atoms with Crippen molar-refractivity contribution in [1.29, 1.82) is 5.41 Å². The average molecular weight is 381 g/mol. The first-order valence-corrected chi connectivity index (χ1v) is 9.61. The number of hydrogen-bond acceptors (Lipinski definition) is 5. The van der Waals surface area contributed by atoms with Gasteiger partial charge in [-0.1, -0.05) is 12.1 Å². The number of benzene rings is 1. The lowest BCUT2D eigenvalue weighted by atomic mass is 10.1. The predicted molar refractivity (Wildman–Crippen MR) is 113 cm³/mol. The van der Waals surface area contributed by atoms with Crippen LogP contribution in [0.15, 0.2) is 53.9 Å². The Bertz CT molecular complexity index is 851. The molecule has 0 aliphatic carbocycles. The molecule has 1 saturated heterocycles. The summed E-state index contributed by atoms with van der Waals surface area (Å²) < 4.78 is 13.3. The van der Waals surface area contributed by atoms with E-state index in [1.807, 2.05) is 39.2 Å². The lowest BCUT2D eigenvalue weighted by Gasteiger charge is -2.36. The van der Waals surface area contributed by atoms with Gasteiger partial charge in [0.2, 0.25) is 0 Å². The smallest absolute Gasteiger partial charge is 0.136 e. The fraction of sp³-hybridized carbons (Fsp3) is 0.364. The summed E-state index contributed by atoms with van der Waals surface area (Å²) in [4.78, 5) is 9.29. The molecule has 6 heteroatoms. The number of anilines is 1. The molecule has 0 atom stereocenters. The molecule has 1 aliphatic heterocycles. The zero-order chi connectivity index (χ0) is 20.1. The minimum atomic E-state index is -0.231.